The van der Waals surface area contributed by atoms with Gasteiger partial charge in [-0.2, -0.15) is 0 Å². The number of carbonyl (C=O) groups excluding carboxylic acids is 2. The van der Waals surface area contributed by atoms with E-state index in [2.05, 4.69) is 12.1 Å². The summed E-state index contributed by atoms with van der Waals surface area (Å²) in [6, 6.07) is 26.3. The van der Waals surface area contributed by atoms with Gasteiger partial charge in [0, 0.05) is 18.6 Å². The zero-order chi connectivity index (χ0) is 25.4. The van der Waals surface area contributed by atoms with Crippen molar-refractivity contribution in [2.75, 3.05) is 0 Å². The molecule has 1 fully saturated rings. The molecule has 0 atom stereocenters. The van der Waals surface area contributed by atoms with Gasteiger partial charge in [-0.05, 0) is 55.5 Å². The van der Waals surface area contributed by atoms with E-state index in [0.717, 1.165) is 59.2 Å². The van der Waals surface area contributed by atoms with Crippen molar-refractivity contribution in [2.45, 2.75) is 58.0 Å². The topological polar surface area (TPSA) is 52.6 Å². The molecule has 3 aromatic rings. The van der Waals surface area contributed by atoms with Gasteiger partial charge >= 0.3 is 21.0 Å². The summed E-state index contributed by atoms with van der Waals surface area (Å²) in [5.74, 6) is -1.01. The van der Waals surface area contributed by atoms with Crippen LogP contribution < -0.4 is 10.4 Å². The second-order valence-electron chi connectivity index (χ2n) is 9.80. The molecule has 0 radical (unpaired) electrons. The van der Waals surface area contributed by atoms with Crippen molar-refractivity contribution in [2.24, 2.45) is 0 Å². The number of aryl methyl sites for hydroxylation is 2. The molecular weight excluding hydrogens is 464 g/mol. The summed E-state index contributed by atoms with van der Waals surface area (Å²) < 4.78 is 12.0. The maximum atomic E-state index is 12.8. The van der Waals surface area contributed by atoms with E-state index in [1.807, 2.05) is 80.6 Å². The van der Waals surface area contributed by atoms with Crippen molar-refractivity contribution < 1.29 is 18.8 Å². The molecular formula is C31H34O4Si. The number of benzene rings is 3. The van der Waals surface area contributed by atoms with E-state index < -0.39 is 26.6 Å². The molecule has 4 rings (SSSR count). The van der Waals surface area contributed by atoms with Crippen molar-refractivity contribution >= 4 is 31.4 Å². The van der Waals surface area contributed by atoms with Gasteiger partial charge in [0.15, 0.2) is 0 Å². The summed E-state index contributed by atoms with van der Waals surface area (Å²) in [5.41, 5.74) is 2.93. The summed E-state index contributed by atoms with van der Waals surface area (Å²) in [6.07, 6.45) is 8.01. The van der Waals surface area contributed by atoms with E-state index >= 15 is 0 Å². The maximum Gasteiger partial charge on any atom is 0.331 e. The molecule has 0 saturated heterocycles. The molecule has 0 spiro atoms. The predicted octanol–water partition coefficient (Wildman–Crippen LogP) is 4.73. The van der Waals surface area contributed by atoms with Crippen LogP contribution in [-0.2, 0) is 25.2 Å². The number of hydrogen-bond acceptors (Lipinski definition) is 4. The predicted molar refractivity (Wildman–Crippen MR) is 146 cm³/mol. The molecule has 0 bridgehead atoms. The average Bonchev–Trinajstić information content (AvgIpc) is 2.88. The maximum absolute atomic E-state index is 12.8. The first-order valence-corrected chi connectivity index (χ1v) is 14.3. The largest absolute Gasteiger partial charge is 0.510 e. The van der Waals surface area contributed by atoms with Gasteiger partial charge in [-0.15, -0.1) is 0 Å². The summed E-state index contributed by atoms with van der Waals surface area (Å²) in [4.78, 5) is 25.6. The normalized spacial score (nSPS) is 15.1. The van der Waals surface area contributed by atoms with Crippen LogP contribution in [-0.4, -0.2) is 26.6 Å². The van der Waals surface area contributed by atoms with Crippen molar-refractivity contribution in [3.8, 4) is 0 Å². The Bertz CT molecular complexity index is 1130. The van der Waals surface area contributed by atoms with Crippen LogP contribution in [0.3, 0.4) is 0 Å². The monoisotopic (exact) mass is 498 g/mol. The van der Waals surface area contributed by atoms with E-state index in [-0.39, 0.29) is 0 Å². The lowest BCUT2D eigenvalue weighted by atomic mass is 9.80. The molecule has 0 N–H and O–H groups in total. The molecule has 36 heavy (non-hydrogen) atoms. The highest BCUT2D eigenvalue weighted by atomic mass is 28.3. The van der Waals surface area contributed by atoms with Gasteiger partial charge in [-0.3, -0.25) is 0 Å². The molecule has 0 aliphatic heterocycles. The SMILES string of the molecule is Cc1ccc([SiH](OC(=O)/C=C/C(=O)OC2(Cc3ccccc3)CCCCC2)c2ccc(C)cc2)cc1. The highest BCUT2D eigenvalue weighted by molar-refractivity contribution is 6.81. The zero-order valence-electron chi connectivity index (χ0n) is 21.1. The van der Waals surface area contributed by atoms with Gasteiger partial charge < -0.3 is 9.16 Å². The summed E-state index contributed by atoms with van der Waals surface area (Å²) in [6.45, 7) is 4.06. The van der Waals surface area contributed by atoms with E-state index in [0.29, 0.717) is 6.42 Å². The van der Waals surface area contributed by atoms with Crippen LogP contribution in [0.25, 0.3) is 0 Å². The standard InChI is InChI=1S/C31H34O4Si/c1-24-11-15-27(16-12-24)36(28-17-13-25(2)14-18-28)35-30(33)20-19-29(32)34-31(21-7-4-8-22-31)23-26-9-5-3-6-10-26/h3,5-6,9-20,36H,4,7-8,21-23H2,1-2H3/b20-19+. The molecule has 3 aromatic carbocycles. The zero-order valence-corrected chi connectivity index (χ0v) is 22.3. The van der Waals surface area contributed by atoms with E-state index in [4.69, 9.17) is 9.16 Å². The summed E-state index contributed by atoms with van der Waals surface area (Å²) >= 11 is 0. The van der Waals surface area contributed by atoms with Crippen LogP contribution in [0.4, 0.5) is 0 Å². The Labute approximate surface area is 215 Å². The van der Waals surface area contributed by atoms with Gasteiger partial charge in [0.1, 0.15) is 5.60 Å². The smallest absolute Gasteiger partial charge is 0.331 e. The fraction of sp³-hybridized carbons (Fsp3) is 0.290. The third-order valence-electron chi connectivity index (χ3n) is 6.80. The molecule has 0 amide bonds. The Balaban J connectivity index is 1.45. The van der Waals surface area contributed by atoms with Crippen LogP contribution in [0.5, 0.6) is 0 Å². The first kappa shape index (κ1) is 25.6. The highest BCUT2D eigenvalue weighted by Gasteiger charge is 2.35. The lowest BCUT2D eigenvalue weighted by Gasteiger charge is -2.36. The van der Waals surface area contributed by atoms with Crippen LogP contribution in [0.2, 0.25) is 0 Å². The van der Waals surface area contributed by atoms with Gasteiger partial charge in [0.25, 0.3) is 0 Å². The van der Waals surface area contributed by atoms with E-state index in [1.54, 1.807) is 0 Å². The summed E-state index contributed by atoms with van der Waals surface area (Å²) in [5, 5.41) is 2.02. The highest BCUT2D eigenvalue weighted by Crippen LogP contribution is 2.35. The Morgan fingerprint density at radius 3 is 1.83 bits per heavy atom. The van der Waals surface area contributed by atoms with Crippen LogP contribution in [0.15, 0.2) is 91.0 Å². The molecule has 1 aliphatic rings. The lowest BCUT2D eigenvalue weighted by Crippen LogP contribution is -2.46. The number of rotatable bonds is 8. The second-order valence-corrected chi connectivity index (χ2v) is 12.1. The van der Waals surface area contributed by atoms with Crippen molar-refractivity contribution in [3.05, 3.63) is 108 Å². The van der Waals surface area contributed by atoms with Crippen molar-refractivity contribution in [1.29, 1.82) is 0 Å². The van der Waals surface area contributed by atoms with Crippen molar-refractivity contribution in [3.63, 3.8) is 0 Å². The molecule has 5 heteroatoms. The lowest BCUT2D eigenvalue weighted by molar-refractivity contribution is -0.157. The fourth-order valence-electron chi connectivity index (χ4n) is 4.83. The number of hydrogen-bond donors (Lipinski definition) is 0. The Hall–Kier alpha value is -3.44. The second kappa shape index (κ2) is 12.0. The minimum atomic E-state index is -2.26. The molecule has 0 heterocycles. The van der Waals surface area contributed by atoms with Crippen LogP contribution in [0.1, 0.15) is 48.8 Å². The molecule has 1 aliphatic carbocycles. The first-order valence-electron chi connectivity index (χ1n) is 12.7. The van der Waals surface area contributed by atoms with Gasteiger partial charge in [-0.25, -0.2) is 9.59 Å². The van der Waals surface area contributed by atoms with Crippen LogP contribution >= 0.6 is 0 Å². The number of ether oxygens (including phenoxy) is 1. The Morgan fingerprint density at radius 1 is 0.750 bits per heavy atom. The molecule has 1 saturated carbocycles. The molecule has 4 nitrogen and oxygen atoms in total. The molecule has 186 valence electrons. The van der Waals surface area contributed by atoms with E-state index in [9.17, 15) is 9.59 Å². The minimum Gasteiger partial charge on any atom is -0.510 e. The third kappa shape index (κ3) is 7.04. The quantitative estimate of drug-likeness (QED) is 0.256. The number of esters is 1. The fourth-order valence-corrected chi connectivity index (χ4v) is 6.88. The van der Waals surface area contributed by atoms with Gasteiger partial charge in [0.2, 0.25) is 0 Å². The Morgan fingerprint density at radius 2 is 1.28 bits per heavy atom. The molecule has 0 aromatic heterocycles. The molecule has 0 unspecified atom stereocenters. The van der Waals surface area contributed by atoms with E-state index in [1.165, 1.54) is 12.2 Å². The Kier molecular flexibility index (Phi) is 8.55. The average molecular weight is 499 g/mol. The summed E-state index contributed by atoms with van der Waals surface area (Å²) in [7, 11) is -2.26. The van der Waals surface area contributed by atoms with Crippen molar-refractivity contribution in [1.82, 2.24) is 0 Å². The van der Waals surface area contributed by atoms with Crippen LogP contribution in [0, 0.1) is 13.8 Å². The van der Waals surface area contributed by atoms with Gasteiger partial charge in [0.05, 0.1) is 0 Å². The number of carbonyl (C=O) groups is 2. The third-order valence-corrected chi connectivity index (χ3v) is 9.25. The first-order chi connectivity index (χ1) is 17.4. The minimum absolute atomic E-state index is 0.492. The van der Waals surface area contributed by atoms with Gasteiger partial charge in [-0.1, -0.05) is 96.4 Å².